The fourth-order valence-corrected chi connectivity index (χ4v) is 1.37. The van der Waals surface area contributed by atoms with Crippen LogP contribution in [0.5, 0.6) is 0 Å². The smallest absolute Gasteiger partial charge is 0.370 e. The van der Waals surface area contributed by atoms with Crippen LogP contribution in [0.1, 0.15) is 31.8 Å². The van der Waals surface area contributed by atoms with Gasteiger partial charge in [0.1, 0.15) is 11.6 Å². The lowest BCUT2D eigenvalue weighted by Crippen LogP contribution is -2.12. The van der Waals surface area contributed by atoms with Gasteiger partial charge in [-0.05, 0) is 13.3 Å². The van der Waals surface area contributed by atoms with Gasteiger partial charge in [-0.3, -0.25) is 0 Å². The van der Waals surface area contributed by atoms with E-state index in [2.05, 4.69) is 15.3 Å². The second-order valence-electron chi connectivity index (χ2n) is 3.66. The van der Waals surface area contributed by atoms with Crippen LogP contribution in [0.2, 0.25) is 0 Å². The first-order valence-electron chi connectivity index (χ1n) is 5.62. The number of hydrogen-bond acceptors (Lipinski definition) is 3. The van der Waals surface area contributed by atoms with E-state index in [-0.39, 0.29) is 12.2 Å². The van der Waals surface area contributed by atoms with Crippen molar-refractivity contribution in [2.45, 2.75) is 39.3 Å². The normalized spacial score (nSPS) is 11.6. The quantitative estimate of drug-likeness (QED) is 0.869. The number of hydrogen-bond donors (Lipinski definition) is 1. The number of alkyl halides is 3. The molecule has 0 saturated carbocycles. The van der Waals surface area contributed by atoms with Crippen molar-refractivity contribution >= 4 is 5.82 Å². The van der Waals surface area contributed by atoms with Gasteiger partial charge in [-0.15, -0.1) is 0 Å². The van der Waals surface area contributed by atoms with E-state index < -0.39 is 12.6 Å². The SMILES string of the molecule is CCNc1cc(CC)nc(CCC(F)(F)F)n1. The molecule has 1 N–H and O–H groups in total. The summed E-state index contributed by atoms with van der Waals surface area (Å²) in [5.74, 6) is 0.842. The molecule has 0 aromatic carbocycles. The number of aromatic nitrogens is 2. The van der Waals surface area contributed by atoms with Gasteiger partial charge in [0.15, 0.2) is 0 Å². The highest BCUT2D eigenvalue weighted by Gasteiger charge is 2.27. The van der Waals surface area contributed by atoms with E-state index in [1.165, 1.54) is 0 Å². The molecule has 0 unspecified atom stereocenters. The predicted molar refractivity (Wildman–Crippen MR) is 59.9 cm³/mol. The zero-order chi connectivity index (χ0) is 12.9. The Labute approximate surface area is 98.5 Å². The Morgan fingerprint density at radius 2 is 1.94 bits per heavy atom. The first kappa shape index (κ1) is 13.7. The van der Waals surface area contributed by atoms with E-state index in [1.807, 2.05) is 13.8 Å². The van der Waals surface area contributed by atoms with Crippen molar-refractivity contribution in [3.63, 3.8) is 0 Å². The Kier molecular flexibility index (Phi) is 4.72. The summed E-state index contributed by atoms with van der Waals surface area (Å²) in [6, 6.07) is 1.76. The molecule has 0 aliphatic heterocycles. The Morgan fingerprint density at radius 3 is 2.47 bits per heavy atom. The van der Waals surface area contributed by atoms with Gasteiger partial charge in [-0.25, -0.2) is 9.97 Å². The second kappa shape index (κ2) is 5.84. The molecule has 0 saturated heterocycles. The molecule has 1 aromatic heterocycles. The summed E-state index contributed by atoms with van der Waals surface area (Å²) in [5.41, 5.74) is 0.758. The summed E-state index contributed by atoms with van der Waals surface area (Å²) < 4.78 is 36.3. The summed E-state index contributed by atoms with van der Waals surface area (Å²) >= 11 is 0. The molecule has 0 fully saturated rings. The highest BCUT2D eigenvalue weighted by atomic mass is 19.4. The van der Waals surface area contributed by atoms with Crippen molar-refractivity contribution in [2.24, 2.45) is 0 Å². The molecule has 3 nitrogen and oxygen atoms in total. The van der Waals surface area contributed by atoms with Crippen molar-refractivity contribution in [2.75, 3.05) is 11.9 Å². The molecule has 1 rings (SSSR count). The van der Waals surface area contributed by atoms with Crippen molar-refractivity contribution in [3.05, 3.63) is 17.6 Å². The summed E-state index contributed by atoms with van der Waals surface area (Å²) in [4.78, 5) is 8.14. The highest BCUT2D eigenvalue weighted by Crippen LogP contribution is 2.21. The maximum atomic E-state index is 12.1. The number of nitrogens with zero attached hydrogens (tertiary/aromatic N) is 2. The van der Waals surface area contributed by atoms with Crippen LogP contribution in [0.15, 0.2) is 6.07 Å². The lowest BCUT2D eigenvalue weighted by atomic mass is 10.2. The van der Waals surface area contributed by atoms with Gasteiger partial charge < -0.3 is 5.32 Å². The Bertz CT molecular complexity index is 363. The zero-order valence-electron chi connectivity index (χ0n) is 9.93. The maximum absolute atomic E-state index is 12.1. The molecule has 1 heterocycles. The van der Waals surface area contributed by atoms with Crippen molar-refractivity contribution in [3.8, 4) is 0 Å². The molecule has 0 bridgehead atoms. The molecule has 0 atom stereocenters. The molecule has 96 valence electrons. The van der Waals surface area contributed by atoms with Crippen molar-refractivity contribution < 1.29 is 13.2 Å². The number of halogens is 3. The largest absolute Gasteiger partial charge is 0.389 e. The van der Waals surface area contributed by atoms with Gasteiger partial charge in [-0.1, -0.05) is 6.92 Å². The minimum atomic E-state index is -4.16. The first-order valence-corrected chi connectivity index (χ1v) is 5.62. The highest BCUT2D eigenvalue weighted by molar-refractivity contribution is 5.35. The van der Waals surface area contributed by atoms with Crippen molar-refractivity contribution in [1.29, 1.82) is 0 Å². The molecule has 1 aromatic rings. The van der Waals surface area contributed by atoms with Crippen LogP contribution < -0.4 is 5.32 Å². The molecule has 6 heteroatoms. The topological polar surface area (TPSA) is 37.8 Å². The maximum Gasteiger partial charge on any atom is 0.389 e. The van der Waals surface area contributed by atoms with Gasteiger partial charge in [0.05, 0.1) is 6.42 Å². The van der Waals surface area contributed by atoms with Gasteiger partial charge in [0.2, 0.25) is 0 Å². The van der Waals surface area contributed by atoms with E-state index in [0.717, 1.165) is 5.69 Å². The number of anilines is 1. The summed E-state index contributed by atoms with van der Waals surface area (Å²) in [6.07, 6.45) is -4.54. The molecule has 0 amide bonds. The van der Waals surface area contributed by atoms with Crippen LogP contribution in [0.25, 0.3) is 0 Å². The number of rotatable bonds is 5. The predicted octanol–water partition coefficient (Wildman–Crippen LogP) is 2.97. The fraction of sp³-hybridized carbons (Fsp3) is 0.636. The van der Waals surface area contributed by atoms with Crippen LogP contribution in [0, 0.1) is 0 Å². The Morgan fingerprint density at radius 1 is 1.24 bits per heavy atom. The average Bonchev–Trinajstić information content (AvgIpc) is 2.25. The number of aryl methyl sites for hydroxylation is 2. The Hall–Kier alpha value is -1.33. The first-order chi connectivity index (χ1) is 7.94. The van der Waals surface area contributed by atoms with Gasteiger partial charge >= 0.3 is 6.18 Å². The van der Waals surface area contributed by atoms with Crippen LogP contribution >= 0.6 is 0 Å². The Balaban J connectivity index is 2.79. The summed E-state index contributed by atoms with van der Waals surface area (Å²) in [5, 5.41) is 2.99. The zero-order valence-corrected chi connectivity index (χ0v) is 9.93. The molecule has 0 spiro atoms. The van der Waals surface area contributed by atoms with Crippen LogP contribution in [0.4, 0.5) is 19.0 Å². The summed E-state index contributed by atoms with van der Waals surface area (Å²) in [7, 11) is 0. The van der Waals surface area contributed by atoms with E-state index >= 15 is 0 Å². The van der Waals surface area contributed by atoms with Gasteiger partial charge in [0.25, 0.3) is 0 Å². The monoisotopic (exact) mass is 247 g/mol. The van der Waals surface area contributed by atoms with E-state index in [9.17, 15) is 13.2 Å². The van der Waals surface area contributed by atoms with Crippen molar-refractivity contribution in [1.82, 2.24) is 9.97 Å². The fourth-order valence-electron chi connectivity index (χ4n) is 1.37. The van der Waals surface area contributed by atoms with E-state index in [1.54, 1.807) is 6.07 Å². The molecule has 0 aliphatic carbocycles. The lowest BCUT2D eigenvalue weighted by molar-refractivity contribution is -0.134. The molecular weight excluding hydrogens is 231 g/mol. The average molecular weight is 247 g/mol. The molecule has 17 heavy (non-hydrogen) atoms. The summed E-state index contributed by atoms with van der Waals surface area (Å²) in [6.45, 7) is 4.49. The minimum absolute atomic E-state index is 0.171. The van der Waals surface area contributed by atoms with Gasteiger partial charge in [-0.2, -0.15) is 13.2 Å². The third kappa shape index (κ3) is 5.01. The van der Waals surface area contributed by atoms with E-state index in [0.29, 0.717) is 18.8 Å². The van der Waals surface area contributed by atoms with E-state index in [4.69, 9.17) is 0 Å². The number of nitrogens with one attached hydrogen (secondary N) is 1. The molecular formula is C11H16F3N3. The standard InChI is InChI=1S/C11H16F3N3/c1-3-8-7-10(15-4-2)17-9(16-8)5-6-11(12,13)14/h7H,3-6H2,1-2H3,(H,15,16,17). The van der Waals surface area contributed by atoms with Gasteiger partial charge in [0, 0.05) is 24.7 Å². The van der Waals surface area contributed by atoms with Crippen LogP contribution in [-0.2, 0) is 12.8 Å². The minimum Gasteiger partial charge on any atom is -0.370 e. The molecule has 0 aliphatic rings. The van der Waals surface area contributed by atoms with Crippen LogP contribution in [-0.4, -0.2) is 22.7 Å². The second-order valence-corrected chi connectivity index (χ2v) is 3.66. The molecule has 0 radical (unpaired) electrons. The van der Waals surface area contributed by atoms with Crippen LogP contribution in [0.3, 0.4) is 0 Å². The lowest BCUT2D eigenvalue weighted by Gasteiger charge is -2.09. The third-order valence-corrected chi connectivity index (χ3v) is 2.18. The third-order valence-electron chi connectivity index (χ3n) is 2.18.